The van der Waals surface area contributed by atoms with Gasteiger partial charge in [-0.2, -0.15) is 5.10 Å². The second kappa shape index (κ2) is 6.59. The van der Waals surface area contributed by atoms with Crippen LogP contribution in [0.3, 0.4) is 0 Å². The molecule has 29 heavy (non-hydrogen) atoms. The van der Waals surface area contributed by atoms with Crippen molar-refractivity contribution in [3.8, 4) is 11.1 Å². The summed E-state index contributed by atoms with van der Waals surface area (Å²) in [5.74, 6) is -1.47. The molecule has 0 unspecified atom stereocenters. The highest BCUT2D eigenvalue weighted by Gasteiger charge is 2.16. The molecule has 0 aliphatic rings. The number of nitrogens with one attached hydrogen (secondary N) is 1. The van der Waals surface area contributed by atoms with Crippen molar-refractivity contribution in [1.82, 2.24) is 24.7 Å². The molecule has 0 aliphatic carbocycles. The Morgan fingerprint density at radius 3 is 2.66 bits per heavy atom. The number of halogens is 2. The van der Waals surface area contributed by atoms with E-state index in [1.807, 2.05) is 6.07 Å². The summed E-state index contributed by atoms with van der Waals surface area (Å²) in [6, 6.07) is 11.2. The largest absolute Gasteiger partial charge is 0.299 e. The van der Waals surface area contributed by atoms with Crippen LogP contribution in [0.4, 0.5) is 8.78 Å². The fraction of sp³-hybridized carbons (Fsp3) is 0.0476. The van der Waals surface area contributed by atoms with Crippen LogP contribution in [0.15, 0.2) is 65.8 Å². The Hall–Kier alpha value is -3.94. The number of benzene rings is 2. The molecule has 0 fully saturated rings. The van der Waals surface area contributed by atoms with Crippen LogP contribution in [0.25, 0.3) is 33.2 Å². The molecule has 3 aromatic heterocycles. The minimum Gasteiger partial charge on any atom is -0.299 e. The molecule has 5 aromatic rings. The summed E-state index contributed by atoms with van der Waals surface area (Å²) >= 11 is 0. The Balaban J connectivity index is 1.63. The lowest BCUT2D eigenvalue weighted by Crippen LogP contribution is -2.22. The highest BCUT2D eigenvalue weighted by Crippen LogP contribution is 2.30. The summed E-state index contributed by atoms with van der Waals surface area (Å²) in [7, 11) is 0. The SMILES string of the molecule is O=c1cnc2ncccc2n1Cc1c(F)cc(-c2cccc3[nH]ncc23)cc1F. The zero-order valence-corrected chi connectivity index (χ0v) is 14.9. The van der Waals surface area contributed by atoms with Crippen LogP contribution in [-0.2, 0) is 6.54 Å². The summed E-state index contributed by atoms with van der Waals surface area (Å²) in [6.07, 6.45) is 4.25. The Kier molecular flexibility index (Phi) is 3.90. The van der Waals surface area contributed by atoms with Gasteiger partial charge in [-0.1, -0.05) is 12.1 Å². The maximum Gasteiger partial charge on any atom is 0.269 e. The maximum atomic E-state index is 14.9. The normalized spacial score (nSPS) is 11.4. The number of fused-ring (bicyclic) bond motifs is 2. The molecule has 0 saturated heterocycles. The fourth-order valence-corrected chi connectivity index (χ4v) is 3.45. The topological polar surface area (TPSA) is 76.5 Å². The molecule has 8 heteroatoms. The average molecular weight is 389 g/mol. The highest BCUT2D eigenvalue weighted by molar-refractivity contribution is 5.94. The van der Waals surface area contributed by atoms with E-state index in [2.05, 4.69) is 20.2 Å². The van der Waals surface area contributed by atoms with E-state index in [9.17, 15) is 13.6 Å². The molecule has 0 spiro atoms. The third kappa shape index (κ3) is 2.85. The molecule has 6 nitrogen and oxygen atoms in total. The first-order chi connectivity index (χ1) is 14.1. The lowest BCUT2D eigenvalue weighted by molar-refractivity contribution is 0.545. The number of hydrogen-bond donors (Lipinski definition) is 1. The maximum absolute atomic E-state index is 14.9. The van der Waals surface area contributed by atoms with Gasteiger partial charge in [0, 0.05) is 17.1 Å². The number of pyridine rings is 1. The van der Waals surface area contributed by atoms with E-state index < -0.39 is 17.2 Å². The van der Waals surface area contributed by atoms with Gasteiger partial charge in [-0.15, -0.1) is 0 Å². The van der Waals surface area contributed by atoms with Gasteiger partial charge in [-0.25, -0.2) is 18.7 Å². The molecule has 0 atom stereocenters. The van der Waals surface area contributed by atoms with Crippen molar-refractivity contribution in [1.29, 1.82) is 0 Å². The smallest absolute Gasteiger partial charge is 0.269 e. The molecule has 142 valence electrons. The van der Waals surface area contributed by atoms with Gasteiger partial charge in [0.05, 0.1) is 30.0 Å². The highest BCUT2D eigenvalue weighted by atomic mass is 19.1. The van der Waals surface area contributed by atoms with E-state index >= 15 is 0 Å². The number of H-pyrrole nitrogens is 1. The average Bonchev–Trinajstić information content (AvgIpc) is 3.21. The third-order valence-corrected chi connectivity index (χ3v) is 4.87. The Morgan fingerprint density at radius 2 is 1.83 bits per heavy atom. The van der Waals surface area contributed by atoms with Gasteiger partial charge in [0.1, 0.15) is 11.6 Å². The lowest BCUT2D eigenvalue weighted by Gasteiger charge is -2.12. The second-order valence-corrected chi connectivity index (χ2v) is 6.58. The quantitative estimate of drug-likeness (QED) is 0.511. The Labute approximate surface area is 162 Å². The van der Waals surface area contributed by atoms with E-state index in [0.29, 0.717) is 22.3 Å². The standard InChI is InChI=1S/C21H13F2N5O/c22-16-7-12(13-3-1-4-18-14(13)9-26-27-18)8-17(23)15(16)11-28-19-5-2-6-24-21(19)25-10-20(28)29/h1-10H,11H2,(H,26,27). The molecular formula is C21H13F2N5O. The molecule has 3 heterocycles. The Morgan fingerprint density at radius 1 is 1.00 bits per heavy atom. The van der Waals surface area contributed by atoms with Gasteiger partial charge in [0.15, 0.2) is 5.65 Å². The van der Waals surface area contributed by atoms with Crippen LogP contribution in [0.2, 0.25) is 0 Å². The van der Waals surface area contributed by atoms with E-state index in [4.69, 9.17) is 0 Å². The van der Waals surface area contributed by atoms with Gasteiger partial charge >= 0.3 is 0 Å². The van der Waals surface area contributed by atoms with Crippen molar-refractivity contribution < 1.29 is 8.78 Å². The van der Waals surface area contributed by atoms with Crippen molar-refractivity contribution >= 4 is 22.1 Å². The second-order valence-electron chi connectivity index (χ2n) is 6.58. The van der Waals surface area contributed by atoms with Crippen LogP contribution in [-0.4, -0.2) is 24.7 Å². The number of aromatic amines is 1. The molecule has 2 aromatic carbocycles. The van der Waals surface area contributed by atoms with Crippen LogP contribution in [0.5, 0.6) is 0 Å². The van der Waals surface area contributed by atoms with Gasteiger partial charge in [-0.05, 0) is 41.5 Å². The molecule has 5 rings (SSSR count). The summed E-state index contributed by atoms with van der Waals surface area (Å²) in [5, 5.41) is 7.59. The molecule has 0 saturated carbocycles. The van der Waals surface area contributed by atoms with Crippen LogP contribution in [0.1, 0.15) is 5.56 Å². The molecule has 0 aliphatic heterocycles. The van der Waals surface area contributed by atoms with E-state index in [1.54, 1.807) is 30.5 Å². The third-order valence-electron chi connectivity index (χ3n) is 4.87. The predicted molar refractivity (Wildman–Crippen MR) is 104 cm³/mol. The van der Waals surface area contributed by atoms with Crippen molar-refractivity contribution in [3.05, 3.63) is 88.6 Å². The minimum atomic E-state index is -0.735. The molecule has 0 amide bonds. The fourth-order valence-electron chi connectivity index (χ4n) is 3.45. The van der Waals surface area contributed by atoms with Gasteiger partial charge < -0.3 is 0 Å². The first-order valence-corrected chi connectivity index (χ1v) is 8.83. The number of rotatable bonds is 3. The van der Waals surface area contributed by atoms with Gasteiger partial charge in [0.25, 0.3) is 5.56 Å². The van der Waals surface area contributed by atoms with Crippen molar-refractivity contribution in [2.75, 3.05) is 0 Å². The van der Waals surface area contributed by atoms with E-state index in [-0.39, 0.29) is 12.1 Å². The monoisotopic (exact) mass is 389 g/mol. The summed E-state index contributed by atoms with van der Waals surface area (Å²) in [5.41, 5.74) is 1.90. The minimum absolute atomic E-state index is 0.202. The number of hydrogen-bond acceptors (Lipinski definition) is 4. The Bertz CT molecular complexity index is 1420. The predicted octanol–water partition coefficient (Wildman–Crippen LogP) is 3.66. The molecule has 0 radical (unpaired) electrons. The molecule has 0 bridgehead atoms. The van der Waals surface area contributed by atoms with Crippen LogP contribution < -0.4 is 5.56 Å². The summed E-state index contributed by atoms with van der Waals surface area (Å²) in [6.45, 7) is -0.266. The number of aromatic nitrogens is 5. The first-order valence-electron chi connectivity index (χ1n) is 8.83. The zero-order valence-electron chi connectivity index (χ0n) is 14.9. The molecular weight excluding hydrogens is 376 g/mol. The first kappa shape index (κ1) is 17.2. The lowest BCUT2D eigenvalue weighted by atomic mass is 10.00. The van der Waals surface area contributed by atoms with Gasteiger partial charge in [-0.3, -0.25) is 14.5 Å². The van der Waals surface area contributed by atoms with Crippen LogP contribution >= 0.6 is 0 Å². The van der Waals surface area contributed by atoms with Crippen molar-refractivity contribution in [2.45, 2.75) is 6.54 Å². The van der Waals surface area contributed by atoms with E-state index in [1.165, 1.54) is 22.9 Å². The molecule has 1 N–H and O–H groups in total. The summed E-state index contributed by atoms with van der Waals surface area (Å²) in [4.78, 5) is 20.3. The number of nitrogens with zero attached hydrogens (tertiary/aromatic N) is 4. The summed E-state index contributed by atoms with van der Waals surface area (Å²) < 4.78 is 31.1. The van der Waals surface area contributed by atoms with E-state index in [0.717, 1.165) is 17.1 Å². The van der Waals surface area contributed by atoms with Crippen molar-refractivity contribution in [3.63, 3.8) is 0 Å². The van der Waals surface area contributed by atoms with Crippen LogP contribution in [0, 0.1) is 11.6 Å². The van der Waals surface area contributed by atoms with Gasteiger partial charge in [0.2, 0.25) is 0 Å². The zero-order chi connectivity index (χ0) is 20.0. The van der Waals surface area contributed by atoms with Crippen molar-refractivity contribution in [2.24, 2.45) is 0 Å².